The fourth-order valence-electron chi connectivity index (χ4n) is 2.32. The van der Waals surface area contributed by atoms with E-state index in [1.54, 1.807) is 43.5 Å². The van der Waals surface area contributed by atoms with Gasteiger partial charge in [0.25, 0.3) is 15.9 Å². The molecule has 0 radical (unpaired) electrons. The maximum absolute atomic E-state index is 12.3. The second kappa shape index (κ2) is 9.65. The summed E-state index contributed by atoms with van der Waals surface area (Å²) in [5.74, 6) is 0.896. The standard InChI is InChI=1S/C19H20N4O5S2/c1-13-3-5-14(6-4-13)17(24)21-18-22-23-19(29-18)30(25,26)20-11-12-28-16-9-7-15(27-2)8-10-16/h3-10,20H,11-12H2,1-2H3,(H,21,22,24). The van der Waals surface area contributed by atoms with Gasteiger partial charge in [0.15, 0.2) is 0 Å². The Labute approximate surface area is 178 Å². The topological polar surface area (TPSA) is 120 Å². The Morgan fingerprint density at radius 3 is 2.37 bits per heavy atom. The molecule has 0 aliphatic carbocycles. The number of carbonyl (C=O) groups excluding carboxylic acids is 1. The van der Waals surface area contributed by atoms with Crippen molar-refractivity contribution < 1.29 is 22.7 Å². The van der Waals surface area contributed by atoms with Gasteiger partial charge < -0.3 is 9.47 Å². The zero-order valence-corrected chi connectivity index (χ0v) is 17.9. The van der Waals surface area contributed by atoms with Crippen LogP contribution >= 0.6 is 11.3 Å². The van der Waals surface area contributed by atoms with Gasteiger partial charge in [-0.15, -0.1) is 10.2 Å². The van der Waals surface area contributed by atoms with Crippen molar-refractivity contribution in [3.8, 4) is 11.5 Å². The fourth-order valence-corrected chi connectivity index (χ4v) is 4.27. The van der Waals surface area contributed by atoms with Crippen molar-refractivity contribution in [3.05, 3.63) is 59.7 Å². The summed E-state index contributed by atoms with van der Waals surface area (Å²) >= 11 is 0.765. The molecule has 0 saturated carbocycles. The molecular formula is C19H20N4O5S2. The van der Waals surface area contributed by atoms with Crippen molar-refractivity contribution >= 4 is 32.4 Å². The predicted octanol–water partition coefficient (Wildman–Crippen LogP) is 2.46. The molecule has 0 spiro atoms. The molecule has 0 unspecified atom stereocenters. The highest BCUT2D eigenvalue weighted by atomic mass is 32.2. The highest BCUT2D eigenvalue weighted by Crippen LogP contribution is 2.21. The summed E-state index contributed by atoms with van der Waals surface area (Å²) in [5, 5.41) is 10.0. The average molecular weight is 449 g/mol. The fraction of sp³-hybridized carbons (Fsp3) is 0.211. The molecule has 2 N–H and O–H groups in total. The van der Waals surface area contributed by atoms with E-state index in [1.165, 1.54) is 0 Å². The number of sulfonamides is 1. The molecule has 0 saturated heterocycles. The van der Waals surface area contributed by atoms with Crippen molar-refractivity contribution in [2.75, 3.05) is 25.6 Å². The molecule has 3 aromatic rings. The summed E-state index contributed by atoms with van der Waals surface area (Å²) in [6.45, 7) is 2.08. The van der Waals surface area contributed by atoms with Crippen LogP contribution in [0.15, 0.2) is 52.9 Å². The predicted molar refractivity (Wildman–Crippen MR) is 113 cm³/mol. The molecule has 0 atom stereocenters. The number of nitrogens with zero attached hydrogens (tertiary/aromatic N) is 2. The van der Waals surface area contributed by atoms with Crippen LogP contribution in [-0.4, -0.2) is 44.8 Å². The van der Waals surface area contributed by atoms with Gasteiger partial charge in [0.05, 0.1) is 7.11 Å². The van der Waals surface area contributed by atoms with Crippen molar-refractivity contribution in [3.63, 3.8) is 0 Å². The molecule has 30 heavy (non-hydrogen) atoms. The normalized spacial score (nSPS) is 11.1. The van der Waals surface area contributed by atoms with E-state index < -0.39 is 15.9 Å². The number of hydrogen-bond donors (Lipinski definition) is 2. The number of anilines is 1. The van der Waals surface area contributed by atoms with Crippen LogP contribution in [0.4, 0.5) is 5.13 Å². The molecule has 3 rings (SSSR count). The molecule has 0 aliphatic rings. The maximum Gasteiger partial charge on any atom is 0.269 e. The quantitative estimate of drug-likeness (QED) is 0.381. The molecule has 0 fully saturated rings. The Hall–Kier alpha value is -3.02. The van der Waals surface area contributed by atoms with E-state index in [4.69, 9.17) is 9.47 Å². The molecule has 158 valence electrons. The maximum atomic E-state index is 12.3. The van der Waals surface area contributed by atoms with Gasteiger partial charge in [-0.3, -0.25) is 10.1 Å². The lowest BCUT2D eigenvalue weighted by Crippen LogP contribution is -2.28. The summed E-state index contributed by atoms with van der Waals surface area (Å²) in [7, 11) is -2.30. The number of hydrogen-bond acceptors (Lipinski definition) is 8. The smallest absolute Gasteiger partial charge is 0.269 e. The lowest BCUT2D eigenvalue weighted by Gasteiger charge is -2.07. The number of nitrogens with one attached hydrogen (secondary N) is 2. The highest BCUT2D eigenvalue weighted by Gasteiger charge is 2.20. The first-order chi connectivity index (χ1) is 14.4. The second-order valence-electron chi connectivity index (χ2n) is 6.12. The number of aryl methyl sites for hydroxylation is 1. The minimum Gasteiger partial charge on any atom is -0.497 e. The minimum absolute atomic E-state index is 0.0407. The number of ether oxygens (including phenoxy) is 2. The van der Waals surface area contributed by atoms with Gasteiger partial charge in [-0.1, -0.05) is 29.0 Å². The third kappa shape index (κ3) is 5.75. The number of carbonyl (C=O) groups is 1. The Kier molecular flexibility index (Phi) is 6.98. The Morgan fingerprint density at radius 1 is 1.03 bits per heavy atom. The van der Waals surface area contributed by atoms with Crippen molar-refractivity contribution in [2.24, 2.45) is 0 Å². The zero-order valence-electron chi connectivity index (χ0n) is 16.3. The van der Waals surface area contributed by atoms with E-state index in [9.17, 15) is 13.2 Å². The number of amides is 1. The van der Waals surface area contributed by atoms with Crippen LogP contribution in [0.2, 0.25) is 0 Å². The van der Waals surface area contributed by atoms with Gasteiger partial charge in [-0.2, -0.15) is 0 Å². The largest absolute Gasteiger partial charge is 0.497 e. The molecule has 11 heteroatoms. The summed E-state index contributed by atoms with van der Waals surface area (Å²) in [6.07, 6.45) is 0. The summed E-state index contributed by atoms with van der Waals surface area (Å²) in [6, 6.07) is 13.9. The van der Waals surface area contributed by atoms with Crippen LogP contribution in [0.25, 0.3) is 0 Å². The van der Waals surface area contributed by atoms with Crippen LogP contribution in [0.3, 0.4) is 0 Å². The Balaban J connectivity index is 1.51. The average Bonchev–Trinajstić information content (AvgIpc) is 3.21. The Bertz CT molecular complexity index is 1100. The molecule has 1 amide bonds. The van der Waals surface area contributed by atoms with Gasteiger partial charge in [0, 0.05) is 12.1 Å². The highest BCUT2D eigenvalue weighted by molar-refractivity contribution is 7.91. The SMILES string of the molecule is COc1ccc(OCCNS(=O)(=O)c2nnc(NC(=O)c3ccc(C)cc3)s2)cc1. The summed E-state index contributed by atoms with van der Waals surface area (Å²) in [4.78, 5) is 12.2. The monoisotopic (exact) mass is 448 g/mol. The lowest BCUT2D eigenvalue weighted by atomic mass is 10.1. The molecule has 1 heterocycles. The third-order valence-electron chi connectivity index (χ3n) is 3.89. The second-order valence-corrected chi connectivity index (χ2v) is 9.03. The van der Waals surface area contributed by atoms with Gasteiger partial charge in [0.2, 0.25) is 9.47 Å². The summed E-state index contributed by atoms with van der Waals surface area (Å²) < 4.78 is 37.4. The summed E-state index contributed by atoms with van der Waals surface area (Å²) in [5.41, 5.74) is 1.46. The first-order valence-electron chi connectivity index (χ1n) is 8.85. The molecule has 2 aromatic carbocycles. The minimum atomic E-state index is -3.87. The molecule has 1 aromatic heterocycles. The van der Waals surface area contributed by atoms with Crippen LogP contribution in [0.5, 0.6) is 11.5 Å². The number of aromatic nitrogens is 2. The first kappa shape index (κ1) is 21.7. The van der Waals surface area contributed by atoms with Gasteiger partial charge in [0.1, 0.15) is 18.1 Å². The molecule has 0 aliphatic heterocycles. The van der Waals surface area contributed by atoms with Crippen molar-refractivity contribution in [2.45, 2.75) is 11.3 Å². The number of rotatable bonds is 9. The van der Waals surface area contributed by atoms with Crippen molar-refractivity contribution in [1.82, 2.24) is 14.9 Å². The Morgan fingerprint density at radius 2 is 1.70 bits per heavy atom. The van der Waals surface area contributed by atoms with Gasteiger partial charge in [-0.05, 0) is 43.3 Å². The van der Waals surface area contributed by atoms with E-state index in [2.05, 4.69) is 20.2 Å². The van der Waals surface area contributed by atoms with Gasteiger partial charge in [-0.25, -0.2) is 13.1 Å². The molecule has 0 bridgehead atoms. The van der Waals surface area contributed by atoms with E-state index in [0.717, 1.165) is 16.9 Å². The van der Waals surface area contributed by atoms with Crippen molar-refractivity contribution in [1.29, 1.82) is 0 Å². The molecule has 9 nitrogen and oxygen atoms in total. The number of methoxy groups -OCH3 is 1. The van der Waals surface area contributed by atoms with Crippen LogP contribution in [0.1, 0.15) is 15.9 Å². The first-order valence-corrected chi connectivity index (χ1v) is 11.2. The van der Waals surface area contributed by atoms with E-state index >= 15 is 0 Å². The zero-order chi connectivity index (χ0) is 21.6. The lowest BCUT2D eigenvalue weighted by molar-refractivity contribution is 0.102. The van der Waals surface area contributed by atoms with E-state index in [-0.39, 0.29) is 22.6 Å². The molecular weight excluding hydrogens is 428 g/mol. The van der Waals surface area contributed by atoms with Gasteiger partial charge >= 0.3 is 0 Å². The van der Waals surface area contributed by atoms with Crippen LogP contribution < -0.4 is 19.5 Å². The third-order valence-corrected chi connectivity index (χ3v) is 6.56. The van der Waals surface area contributed by atoms with E-state index in [1.807, 2.05) is 19.1 Å². The van der Waals surface area contributed by atoms with Crippen LogP contribution in [0, 0.1) is 6.92 Å². The number of benzene rings is 2. The van der Waals surface area contributed by atoms with Crippen LogP contribution in [-0.2, 0) is 10.0 Å². The van der Waals surface area contributed by atoms with E-state index in [0.29, 0.717) is 17.1 Å².